The van der Waals surface area contributed by atoms with Crippen molar-refractivity contribution in [1.82, 2.24) is 4.98 Å². The van der Waals surface area contributed by atoms with Crippen LogP contribution in [0.15, 0.2) is 6.07 Å². The standard InChI is InChI=1S/C8H6BrF5N2/c9-2-3-1-4(8(12,13)14)5(6(10)11)7(15)16-3/h1,6H,2H2,(H2,15,16). The van der Waals surface area contributed by atoms with Gasteiger partial charge in [0.25, 0.3) is 6.43 Å². The Morgan fingerprint density at radius 2 is 1.94 bits per heavy atom. The first-order valence-electron chi connectivity index (χ1n) is 3.98. The highest BCUT2D eigenvalue weighted by Gasteiger charge is 2.37. The Balaban J connectivity index is 3.47. The van der Waals surface area contributed by atoms with Crippen LogP contribution in [0.4, 0.5) is 27.8 Å². The topological polar surface area (TPSA) is 38.9 Å². The monoisotopic (exact) mass is 304 g/mol. The number of nitrogens with zero attached hydrogens (tertiary/aromatic N) is 1. The third kappa shape index (κ3) is 2.60. The number of nitrogen functional groups attached to an aromatic ring is 1. The van der Waals surface area contributed by atoms with Crippen LogP contribution >= 0.6 is 15.9 Å². The molecule has 0 radical (unpaired) electrons. The summed E-state index contributed by atoms with van der Waals surface area (Å²) < 4.78 is 62.3. The largest absolute Gasteiger partial charge is 0.417 e. The first-order valence-corrected chi connectivity index (χ1v) is 5.10. The summed E-state index contributed by atoms with van der Waals surface area (Å²) in [5.41, 5.74) is 2.33. The van der Waals surface area contributed by atoms with Crippen molar-refractivity contribution in [3.05, 3.63) is 22.9 Å². The number of rotatable bonds is 2. The molecule has 16 heavy (non-hydrogen) atoms. The average molecular weight is 305 g/mol. The lowest BCUT2D eigenvalue weighted by molar-refractivity contribution is -0.139. The van der Waals surface area contributed by atoms with Crippen LogP contribution in [0.1, 0.15) is 23.2 Å². The van der Waals surface area contributed by atoms with Gasteiger partial charge in [-0.25, -0.2) is 13.8 Å². The second kappa shape index (κ2) is 4.52. The number of aromatic nitrogens is 1. The van der Waals surface area contributed by atoms with Crippen molar-refractivity contribution in [2.75, 3.05) is 5.73 Å². The van der Waals surface area contributed by atoms with E-state index >= 15 is 0 Å². The number of anilines is 1. The van der Waals surface area contributed by atoms with Crippen molar-refractivity contribution < 1.29 is 22.0 Å². The van der Waals surface area contributed by atoms with Crippen LogP contribution in [-0.4, -0.2) is 4.98 Å². The normalized spacial score (nSPS) is 12.2. The minimum absolute atomic E-state index is 0.00377. The highest BCUT2D eigenvalue weighted by Crippen LogP contribution is 2.39. The van der Waals surface area contributed by atoms with Crippen molar-refractivity contribution in [1.29, 1.82) is 0 Å². The maximum atomic E-state index is 12.5. The minimum atomic E-state index is -4.88. The van der Waals surface area contributed by atoms with Crippen LogP contribution < -0.4 is 5.73 Å². The molecule has 2 nitrogen and oxygen atoms in total. The number of pyridine rings is 1. The summed E-state index contributed by atoms with van der Waals surface area (Å²) in [4.78, 5) is 3.44. The fourth-order valence-electron chi connectivity index (χ4n) is 1.16. The molecule has 0 bridgehead atoms. The molecule has 1 aromatic rings. The molecule has 0 spiro atoms. The smallest absolute Gasteiger partial charge is 0.383 e. The third-order valence-corrected chi connectivity index (χ3v) is 2.38. The highest BCUT2D eigenvalue weighted by atomic mass is 79.9. The van der Waals surface area contributed by atoms with E-state index in [9.17, 15) is 22.0 Å². The predicted octanol–water partition coefficient (Wildman–Crippen LogP) is 3.52. The molecule has 0 aliphatic heterocycles. The molecule has 8 heteroatoms. The van der Waals surface area contributed by atoms with Gasteiger partial charge in [-0.3, -0.25) is 0 Å². The number of hydrogen-bond acceptors (Lipinski definition) is 2. The molecule has 0 saturated carbocycles. The van der Waals surface area contributed by atoms with Crippen LogP contribution in [0.5, 0.6) is 0 Å². The van der Waals surface area contributed by atoms with Gasteiger partial charge in [-0.1, -0.05) is 15.9 Å². The summed E-state index contributed by atoms with van der Waals surface area (Å²) in [5, 5.41) is 0.00377. The van der Waals surface area contributed by atoms with E-state index in [-0.39, 0.29) is 11.0 Å². The molecular weight excluding hydrogens is 299 g/mol. The van der Waals surface area contributed by atoms with Crippen molar-refractivity contribution in [2.45, 2.75) is 17.9 Å². The van der Waals surface area contributed by atoms with Gasteiger partial charge in [-0.05, 0) is 6.07 Å². The first-order chi connectivity index (χ1) is 7.27. The lowest BCUT2D eigenvalue weighted by Crippen LogP contribution is -2.14. The lowest BCUT2D eigenvalue weighted by atomic mass is 10.1. The fraction of sp³-hybridized carbons (Fsp3) is 0.375. The number of nitrogens with two attached hydrogens (primary N) is 1. The molecule has 0 saturated heterocycles. The maximum Gasteiger partial charge on any atom is 0.417 e. The van der Waals surface area contributed by atoms with Crippen molar-refractivity contribution >= 4 is 21.7 Å². The maximum absolute atomic E-state index is 12.5. The third-order valence-electron chi connectivity index (χ3n) is 1.80. The van der Waals surface area contributed by atoms with Gasteiger partial charge in [0.15, 0.2) is 0 Å². The zero-order valence-electron chi connectivity index (χ0n) is 7.65. The first kappa shape index (κ1) is 13.1. The van der Waals surface area contributed by atoms with E-state index in [0.29, 0.717) is 6.07 Å². The van der Waals surface area contributed by atoms with Crippen LogP contribution in [-0.2, 0) is 11.5 Å². The van der Waals surface area contributed by atoms with Gasteiger partial charge in [0, 0.05) is 5.33 Å². The van der Waals surface area contributed by atoms with E-state index in [2.05, 4.69) is 20.9 Å². The summed E-state index contributed by atoms with van der Waals surface area (Å²) in [7, 11) is 0. The molecule has 2 N–H and O–H groups in total. The minimum Gasteiger partial charge on any atom is -0.383 e. The highest BCUT2D eigenvalue weighted by molar-refractivity contribution is 9.08. The van der Waals surface area contributed by atoms with Gasteiger partial charge >= 0.3 is 6.18 Å². The van der Waals surface area contributed by atoms with Crippen molar-refractivity contribution in [3.63, 3.8) is 0 Å². The number of hydrogen-bond donors (Lipinski definition) is 1. The SMILES string of the molecule is Nc1nc(CBr)cc(C(F)(F)F)c1C(F)F. The zero-order chi connectivity index (χ0) is 12.5. The van der Waals surface area contributed by atoms with E-state index in [1.54, 1.807) is 0 Å². The van der Waals surface area contributed by atoms with Crippen molar-refractivity contribution in [2.24, 2.45) is 0 Å². The summed E-state index contributed by atoms with van der Waals surface area (Å²) in [6.07, 6.45) is -8.19. The summed E-state index contributed by atoms with van der Waals surface area (Å²) in [6, 6.07) is 0.562. The van der Waals surface area contributed by atoms with Gasteiger partial charge in [0.05, 0.1) is 16.8 Å². The molecule has 0 fully saturated rings. The molecule has 1 rings (SSSR count). The Bertz CT molecular complexity index is 391. The second-order valence-corrected chi connectivity index (χ2v) is 3.45. The molecule has 1 aromatic heterocycles. The van der Waals surface area contributed by atoms with Crippen LogP contribution in [0, 0.1) is 0 Å². The van der Waals surface area contributed by atoms with Gasteiger partial charge in [0.1, 0.15) is 5.82 Å². The van der Waals surface area contributed by atoms with E-state index in [1.807, 2.05) is 0 Å². The summed E-state index contributed by atoms with van der Waals surface area (Å²) in [6.45, 7) is 0. The van der Waals surface area contributed by atoms with E-state index in [0.717, 1.165) is 0 Å². The molecule has 0 amide bonds. The summed E-state index contributed by atoms with van der Waals surface area (Å²) in [5.74, 6) is -0.792. The molecule has 0 aliphatic carbocycles. The van der Waals surface area contributed by atoms with E-state index in [4.69, 9.17) is 5.73 Å². The van der Waals surface area contributed by atoms with Crippen LogP contribution in [0.3, 0.4) is 0 Å². The molecule has 90 valence electrons. The Labute approximate surface area is 95.8 Å². The van der Waals surface area contributed by atoms with Gasteiger partial charge < -0.3 is 5.73 Å². The van der Waals surface area contributed by atoms with Crippen molar-refractivity contribution in [3.8, 4) is 0 Å². The van der Waals surface area contributed by atoms with Gasteiger partial charge in [-0.2, -0.15) is 13.2 Å². The molecule has 0 aromatic carbocycles. The fourth-order valence-corrected chi connectivity index (χ4v) is 1.45. The van der Waals surface area contributed by atoms with Gasteiger partial charge in [-0.15, -0.1) is 0 Å². The van der Waals surface area contributed by atoms with E-state index < -0.39 is 29.5 Å². The molecule has 0 unspecified atom stereocenters. The van der Waals surface area contributed by atoms with Crippen LogP contribution in [0.2, 0.25) is 0 Å². The molecule has 1 heterocycles. The number of halogens is 6. The average Bonchev–Trinajstić information content (AvgIpc) is 2.14. The quantitative estimate of drug-likeness (QED) is 0.671. The molecular formula is C8H6BrF5N2. The Morgan fingerprint density at radius 1 is 1.38 bits per heavy atom. The number of alkyl halides is 6. The van der Waals surface area contributed by atoms with Crippen LogP contribution in [0.25, 0.3) is 0 Å². The zero-order valence-corrected chi connectivity index (χ0v) is 9.24. The van der Waals surface area contributed by atoms with E-state index in [1.165, 1.54) is 0 Å². The molecule has 0 aliphatic rings. The molecule has 0 atom stereocenters. The summed E-state index contributed by atoms with van der Waals surface area (Å²) >= 11 is 2.88. The lowest BCUT2D eigenvalue weighted by Gasteiger charge is -2.15. The second-order valence-electron chi connectivity index (χ2n) is 2.89. The predicted molar refractivity (Wildman–Crippen MR) is 51.2 cm³/mol. The Hall–Kier alpha value is -0.920. The Morgan fingerprint density at radius 3 is 2.31 bits per heavy atom. The Kier molecular flexibility index (Phi) is 3.72. The van der Waals surface area contributed by atoms with Gasteiger partial charge in [0.2, 0.25) is 0 Å².